The lowest BCUT2D eigenvalue weighted by atomic mass is 9.82. The van der Waals surface area contributed by atoms with E-state index in [1.807, 2.05) is 20.8 Å². The van der Waals surface area contributed by atoms with Crippen molar-refractivity contribution in [3.8, 4) is 0 Å². The quantitative estimate of drug-likeness (QED) is 0.425. The lowest BCUT2D eigenvalue weighted by molar-refractivity contribution is -0.0564. The molecule has 3 nitrogen and oxygen atoms in total. The summed E-state index contributed by atoms with van der Waals surface area (Å²) in [5, 5.41) is 0. The molecule has 1 rings (SSSR count). The van der Waals surface area contributed by atoms with Gasteiger partial charge in [-0.05, 0) is 39.5 Å². The minimum Gasteiger partial charge on any atom is -0.366 e. The topological polar surface area (TPSA) is 38.7 Å². The van der Waals surface area contributed by atoms with E-state index in [-0.39, 0.29) is 17.7 Å². The maximum Gasteiger partial charge on any atom is 0.235 e. The first-order chi connectivity index (χ1) is 8.48. The Labute approximate surface area is 110 Å². The van der Waals surface area contributed by atoms with Crippen LogP contribution in [0.5, 0.6) is 0 Å². The molecule has 0 amide bonds. The van der Waals surface area contributed by atoms with Crippen LogP contribution in [0.2, 0.25) is 0 Å². The zero-order chi connectivity index (χ0) is 13.6. The van der Waals surface area contributed by atoms with Gasteiger partial charge in [0.05, 0.1) is 17.7 Å². The third-order valence-corrected chi connectivity index (χ3v) is 3.39. The smallest absolute Gasteiger partial charge is 0.235 e. The van der Waals surface area contributed by atoms with E-state index < -0.39 is 0 Å². The molecular formula is C15H25NO2. The minimum atomic E-state index is -0.260. The summed E-state index contributed by atoms with van der Waals surface area (Å²) in [5.74, 6) is 0.422. The van der Waals surface area contributed by atoms with Gasteiger partial charge >= 0.3 is 0 Å². The van der Waals surface area contributed by atoms with E-state index in [1.54, 1.807) is 12.2 Å². The first kappa shape index (κ1) is 15.1. The van der Waals surface area contributed by atoms with Crippen LogP contribution in [-0.2, 0) is 9.53 Å². The molecule has 0 aromatic rings. The van der Waals surface area contributed by atoms with Crippen LogP contribution in [0.4, 0.5) is 0 Å². The Morgan fingerprint density at radius 1 is 1.33 bits per heavy atom. The van der Waals surface area contributed by atoms with Gasteiger partial charge in [-0.3, -0.25) is 0 Å². The maximum atomic E-state index is 10.7. The summed E-state index contributed by atoms with van der Waals surface area (Å²) in [5.41, 5.74) is -0.260. The van der Waals surface area contributed by atoms with Gasteiger partial charge in [0.1, 0.15) is 0 Å². The second kappa shape index (κ2) is 6.86. The summed E-state index contributed by atoms with van der Waals surface area (Å²) < 4.78 is 5.96. The van der Waals surface area contributed by atoms with Crippen LogP contribution in [0.1, 0.15) is 52.9 Å². The number of ether oxygens (including phenoxy) is 1. The lowest BCUT2D eigenvalue weighted by Gasteiger charge is -2.34. The standard InChI is InChI=1S/C15H25NO2/c1-5-13(18-15(2,3)4)14(16-11-17)12-9-7-6-8-10-12/h5,12-14H,1,6-10H2,2-4H3/t13-,14?/m0/s1. The van der Waals surface area contributed by atoms with Gasteiger partial charge < -0.3 is 4.74 Å². The number of hydrogen-bond acceptors (Lipinski definition) is 3. The fraction of sp³-hybridized carbons (Fsp3) is 0.800. The summed E-state index contributed by atoms with van der Waals surface area (Å²) in [4.78, 5) is 14.7. The van der Waals surface area contributed by atoms with Crippen LogP contribution < -0.4 is 0 Å². The molecule has 102 valence electrons. The highest BCUT2D eigenvalue weighted by Crippen LogP contribution is 2.31. The van der Waals surface area contributed by atoms with Gasteiger partial charge in [0.2, 0.25) is 6.08 Å². The molecule has 0 aliphatic heterocycles. The van der Waals surface area contributed by atoms with Crippen LogP contribution in [0.15, 0.2) is 17.6 Å². The van der Waals surface area contributed by atoms with Gasteiger partial charge in [-0.1, -0.05) is 25.3 Å². The summed E-state index contributed by atoms with van der Waals surface area (Å²) in [6.07, 6.45) is 9.24. The number of hydrogen-bond donors (Lipinski definition) is 0. The Hall–Kier alpha value is -0.920. The van der Waals surface area contributed by atoms with Crippen molar-refractivity contribution < 1.29 is 9.53 Å². The molecule has 1 unspecified atom stereocenters. The highest BCUT2D eigenvalue weighted by atomic mass is 16.5. The van der Waals surface area contributed by atoms with Crippen LogP contribution in [0.3, 0.4) is 0 Å². The fourth-order valence-corrected chi connectivity index (χ4v) is 2.65. The molecule has 1 aliphatic rings. The second-order valence-corrected chi connectivity index (χ2v) is 6.04. The van der Waals surface area contributed by atoms with Gasteiger partial charge in [-0.15, -0.1) is 6.58 Å². The molecular weight excluding hydrogens is 226 g/mol. The van der Waals surface area contributed by atoms with E-state index in [4.69, 9.17) is 4.74 Å². The maximum absolute atomic E-state index is 10.7. The molecule has 3 heteroatoms. The van der Waals surface area contributed by atoms with Crippen molar-refractivity contribution >= 4 is 6.08 Å². The molecule has 1 saturated carbocycles. The van der Waals surface area contributed by atoms with Crippen molar-refractivity contribution in [3.63, 3.8) is 0 Å². The molecule has 0 saturated heterocycles. The Morgan fingerprint density at radius 3 is 2.39 bits per heavy atom. The van der Waals surface area contributed by atoms with Crippen molar-refractivity contribution in [2.45, 2.75) is 70.6 Å². The summed E-state index contributed by atoms with van der Waals surface area (Å²) in [6, 6.07) is -0.125. The zero-order valence-electron chi connectivity index (χ0n) is 11.8. The van der Waals surface area contributed by atoms with Crippen molar-refractivity contribution in [3.05, 3.63) is 12.7 Å². The van der Waals surface area contributed by atoms with E-state index in [0.717, 1.165) is 12.8 Å². The van der Waals surface area contributed by atoms with Crippen LogP contribution in [0, 0.1) is 5.92 Å². The highest BCUT2D eigenvalue weighted by molar-refractivity contribution is 5.34. The number of nitrogens with zero attached hydrogens (tertiary/aromatic N) is 1. The molecule has 1 fully saturated rings. The first-order valence-electron chi connectivity index (χ1n) is 6.85. The summed E-state index contributed by atoms with van der Waals surface area (Å²) >= 11 is 0. The molecule has 0 radical (unpaired) electrons. The van der Waals surface area contributed by atoms with Gasteiger partial charge in [-0.2, -0.15) is 4.99 Å². The van der Waals surface area contributed by atoms with E-state index in [1.165, 1.54) is 19.3 Å². The molecule has 1 aliphatic carbocycles. The van der Waals surface area contributed by atoms with Gasteiger partial charge in [0.15, 0.2) is 0 Å². The average molecular weight is 251 g/mol. The van der Waals surface area contributed by atoms with E-state index in [2.05, 4.69) is 11.6 Å². The molecule has 0 bridgehead atoms. The summed E-state index contributed by atoms with van der Waals surface area (Å²) in [7, 11) is 0. The van der Waals surface area contributed by atoms with Gasteiger partial charge in [0.25, 0.3) is 0 Å². The molecule has 0 heterocycles. The number of carbonyl (C=O) groups excluding carboxylic acids is 1. The fourth-order valence-electron chi connectivity index (χ4n) is 2.65. The molecule has 0 N–H and O–H groups in total. The third-order valence-electron chi connectivity index (χ3n) is 3.39. The average Bonchev–Trinajstić information content (AvgIpc) is 2.33. The predicted octanol–water partition coefficient (Wildman–Crippen LogP) is 3.64. The van der Waals surface area contributed by atoms with E-state index in [9.17, 15) is 4.79 Å². The predicted molar refractivity (Wildman–Crippen MR) is 73.3 cm³/mol. The largest absolute Gasteiger partial charge is 0.366 e. The van der Waals surface area contributed by atoms with Crippen LogP contribution in [0.25, 0.3) is 0 Å². The van der Waals surface area contributed by atoms with Crippen molar-refractivity contribution in [1.29, 1.82) is 0 Å². The minimum absolute atomic E-state index is 0.125. The van der Waals surface area contributed by atoms with Crippen LogP contribution in [-0.4, -0.2) is 23.8 Å². The third kappa shape index (κ3) is 4.75. The van der Waals surface area contributed by atoms with Crippen molar-refractivity contribution in [1.82, 2.24) is 0 Å². The number of isocyanates is 1. The molecule has 2 atom stereocenters. The number of rotatable bonds is 5. The molecule has 18 heavy (non-hydrogen) atoms. The molecule has 0 aromatic heterocycles. The Kier molecular flexibility index (Phi) is 5.77. The van der Waals surface area contributed by atoms with Gasteiger partial charge in [-0.25, -0.2) is 4.79 Å². The Balaban J connectivity index is 2.79. The van der Waals surface area contributed by atoms with E-state index >= 15 is 0 Å². The normalized spacial score (nSPS) is 20.8. The van der Waals surface area contributed by atoms with Crippen LogP contribution >= 0.6 is 0 Å². The lowest BCUT2D eigenvalue weighted by Crippen LogP contribution is -2.38. The summed E-state index contributed by atoms with van der Waals surface area (Å²) in [6.45, 7) is 9.85. The van der Waals surface area contributed by atoms with Gasteiger partial charge in [0, 0.05) is 0 Å². The second-order valence-electron chi connectivity index (χ2n) is 6.04. The van der Waals surface area contributed by atoms with Crippen molar-refractivity contribution in [2.75, 3.05) is 0 Å². The molecule has 0 spiro atoms. The Morgan fingerprint density at radius 2 is 1.94 bits per heavy atom. The van der Waals surface area contributed by atoms with Crippen molar-refractivity contribution in [2.24, 2.45) is 10.9 Å². The first-order valence-corrected chi connectivity index (χ1v) is 6.85. The zero-order valence-corrected chi connectivity index (χ0v) is 11.8. The van der Waals surface area contributed by atoms with E-state index in [0.29, 0.717) is 5.92 Å². The highest BCUT2D eigenvalue weighted by Gasteiger charge is 2.32. The SMILES string of the molecule is C=C[C@H](OC(C)(C)C)C(N=C=O)C1CCCCC1. The molecule has 0 aromatic carbocycles. The Bertz CT molecular complexity index is 307. The number of aliphatic imine (C=N–C) groups is 1. The monoisotopic (exact) mass is 251 g/mol.